The number of phenols is 1. The predicted octanol–water partition coefficient (Wildman–Crippen LogP) is 3.07. The standard InChI is InChI=1S/C16H22O3/c1-11-2-5-14(10-15(11)18)16(19)13-6-3-12(4-7-13)8-9-17/h2,5,10,12-13,17-18H,3-4,6-9H2,1H3/t12-,13+. The highest BCUT2D eigenvalue weighted by Crippen LogP contribution is 2.33. The van der Waals surface area contributed by atoms with Crippen LogP contribution in [0.3, 0.4) is 0 Å². The van der Waals surface area contributed by atoms with E-state index in [4.69, 9.17) is 5.11 Å². The minimum Gasteiger partial charge on any atom is -0.508 e. The Morgan fingerprint density at radius 3 is 2.53 bits per heavy atom. The molecule has 104 valence electrons. The van der Waals surface area contributed by atoms with Gasteiger partial charge < -0.3 is 10.2 Å². The molecule has 0 spiro atoms. The molecular formula is C16H22O3. The Balaban J connectivity index is 1.99. The summed E-state index contributed by atoms with van der Waals surface area (Å²) in [5.74, 6) is 0.995. The third kappa shape index (κ3) is 3.35. The SMILES string of the molecule is Cc1ccc(C(=O)[C@H]2CC[C@@H](CCO)CC2)cc1O. The second-order valence-corrected chi connectivity index (χ2v) is 5.60. The Bertz CT molecular complexity index is 445. The largest absolute Gasteiger partial charge is 0.508 e. The lowest BCUT2D eigenvalue weighted by molar-refractivity contribution is 0.0864. The van der Waals surface area contributed by atoms with Crippen molar-refractivity contribution in [3.63, 3.8) is 0 Å². The van der Waals surface area contributed by atoms with Crippen LogP contribution in [0.25, 0.3) is 0 Å². The van der Waals surface area contributed by atoms with Gasteiger partial charge >= 0.3 is 0 Å². The van der Waals surface area contributed by atoms with Crippen molar-refractivity contribution in [3.8, 4) is 5.75 Å². The summed E-state index contributed by atoms with van der Waals surface area (Å²) in [5, 5.41) is 18.6. The van der Waals surface area contributed by atoms with Gasteiger partial charge in [0.2, 0.25) is 0 Å². The molecule has 0 aliphatic heterocycles. The van der Waals surface area contributed by atoms with Crippen LogP contribution in [0.2, 0.25) is 0 Å². The zero-order valence-electron chi connectivity index (χ0n) is 11.4. The summed E-state index contributed by atoms with van der Waals surface area (Å²) in [7, 11) is 0. The summed E-state index contributed by atoms with van der Waals surface area (Å²) >= 11 is 0. The lowest BCUT2D eigenvalue weighted by Gasteiger charge is -2.27. The molecule has 1 aliphatic carbocycles. The van der Waals surface area contributed by atoms with Crippen LogP contribution in [0.1, 0.15) is 48.0 Å². The maximum absolute atomic E-state index is 12.4. The third-order valence-electron chi connectivity index (χ3n) is 4.25. The summed E-state index contributed by atoms with van der Waals surface area (Å²) in [4.78, 5) is 12.4. The molecule has 1 saturated carbocycles. The number of hydrogen-bond donors (Lipinski definition) is 2. The highest BCUT2D eigenvalue weighted by Gasteiger charge is 2.26. The van der Waals surface area contributed by atoms with Crippen LogP contribution in [-0.2, 0) is 0 Å². The molecule has 19 heavy (non-hydrogen) atoms. The molecule has 0 unspecified atom stereocenters. The third-order valence-corrected chi connectivity index (χ3v) is 4.25. The minimum absolute atomic E-state index is 0.0806. The van der Waals surface area contributed by atoms with Gasteiger partial charge in [-0.15, -0.1) is 0 Å². The van der Waals surface area contributed by atoms with Crippen molar-refractivity contribution >= 4 is 5.78 Å². The van der Waals surface area contributed by atoms with Crippen LogP contribution in [0.15, 0.2) is 18.2 Å². The van der Waals surface area contributed by atoms with Gasteiger partial charge in [0.25, 0.3) is 0 Å². The summed E-state index contributed by atoms with van der Waals surface area (Å²) in [5.41, 5.74) is 1.41. The zero-order chi connectivity index (χ0) is 13.8. The lowest BCUT2D eigenvalue weighted by Crippen LogP contribution is -2.22. The average molecular weight is 262 g/mol. The topological polar surface area (TPSA) is 57.5 Å². The van der Waals surface area contributed by atoms with Gasteiger partial charge in [-0.2, -0.15) is 0 Å². The lowest BCUT2D eigenvalue weighted by atomic mass is 9.77. The van der Waals surface area contributed by atoms with E-state index < -0.39 is 0 Å². The molecule has 2 rings (SSSR count). The van der Waals surface area contributed by atoms with Crippen molar-refractivity contribution in [2.24, 2.45) is 11.8 Å². The molecule has 3 nitrogen and oxygen atoms in total. The number of rotatable bonds is 4. The van der Waals surface area contributed by atoms with Crippen molar-refractivity contribution < 1.29 is 15.0 Å². The Hall–Kier alpha value is -1.35. The highest BCUT2D eigenvalue weighted by atomic mass is 16.3. The van der Waals surface area contributed by atoms with Crippen LogP contribution in [0.5, 0.6) is 5.75 Å². The number of aromatic hydroxyl groups is 1. The Labute approximate surface area is 114 Å². The predicted molar refractivity (Wildman–Crippen MR) is 74.3 cm³/mol. The summed E-state index contributed by atoms with van der Waals surface area (Å²) in [6, 6.07) is 5.18. The van der Waals surface area contributed by atoms with E-state index in [2.05, 4.69) is 0 Å². The van der Waals surface area contributed by atoms with Crippen LogP contribution >= 0.6 is 0 Å². The van der Waals surface area contributed by atoms with Crippen molar-refractivity contribution in [1.29, 1.82) is 0 Å². The number of carbonyl (C=O) groups is 1. The zero-order valence-corrected chi connectivity index (χ0v) is 11.4. The van der Waals surface area contributed by atoms with Crippen LogP contribution in [-0.4, -0.2) is 22.6 Å². The molecule has 0 aromatic heterocycles. The number of aryl methyl sites for hydroxylation is 1. The first kappa shape index (κ1) is 14.1. The molecule has 0 atom stereocenters. The quantitative estimate of drug-likeness (QED) is 0.820. The molecular weight excluding hydrogens is 240 g/mol. The van der Waals surface area contributed by atoms with Crippen LogP contribution in [0, 0.1) is 18.8 Å². The van der Waals surface area contributed by atoms with E-state index in [0.717, 1.165) is 37.7 Å². The summed E-state index contributed by atoms with van der Waals surface area (Å²) in [6.07, 6.45) is 4.70. The number of Topliss-reactive ketones (excluding diaryl/α,β-unsaturated/α-hetero) is 1. The fourth-order valence-corrected chi connectivity index (χ4v) is 2.89. The Kier molecular flexibility index (Phi) is 4.59. The normalized spacial score (nSPS) is 23.3. The summed E-state index contributed by atoms with van der Waals surface area (Å²) in [6.45, 7) is 2.07. The van der Waals surface area contributed by atoms with E-state index in [-0.39, 0.29) is 24.1 Å². The van der Waals surface area contributed by atoms with Gasteiger partial charge in [0.15, 0.2) is 5.78 Å². The van der Waals surface area contributed by atoms with E-state index in [0.29, 0.717) is 11.5 Å². The smallest absolute Gasteiger partial charge is 0.166 e. The second-order valence-electron chi connectivity index (χ2n) is 5.60. The van der Waals surface area contributed by atoms with E-state index >= 15 is 0 Å². The fourth-order valence-electron chi connectivity index (χ4n) is 2.89. The van der Waals surface area contributed by atoms with E-state index in [1.165, 1.54) is 0 Å². The van der Waals surface area contributed by atoms with Gasteiger partial charge in [0.05, 0.1) is 0 Å². The van der Waals surface area contributed by atoms with Crippen molar-refractivity contribution in [2.75, 3.05) is 6.61 Å². The van der Waals surface area contributed by atoms with Gasteiger partial charge in [-0.1, -0.05) is 12.1 Å². The van der Waals surface area contributed by atoms with Crippen LogP contribution < -0.4 is 0 Å². The second kappa shape index (κ2) is 6.20. The molecule has 1 fully saturated rings. The van der Waals surface area contributed by atoms with E-state index in [1.807, 2.05) is 6.92 Å². The maximum atomic E-state index is 12.4. The molecule has 0 saturated heterocycles. The van der Waals surface area contributed by atoms with E-state index in [9.17, 15) is 9.90 Å². The Morgan fingerprint density at radius 1 is 1.26 bits per heavy atom. The molecule has 2 N–H and O–H groups in total. The number of aliphatic hydroxyl groups is 1. The molecule has 0 amide bonds. The molecule has 0 radical (unpaired) electrons. The minimum atomic E-state index is 0.0806. The van der Waals surface area contributed by atoms with Crippen molar-refractivity contribution in [1.82, 2.24) is 0 Å². The highest BCUT2D eigenvalue weighted by molar-refractivity contribution is 5.98. The molecule has 1 aromatic carbocycles. The first-order valence-corrected chi connectivity index (χ1v) is 7.06. The monoisotopic (exact) mass is 262 g/mol. The van der Waals surface area contributed by atoms with Gasteiger partial charge in [0.1, 0.15) is 5.75 Å². The van der Waals surface area contributed by atoms with Gasteiger partial charge in [-0.3, -0.25) is 4.79 Å². The molecule has 3 heteroatoms. The fraction of sp³-hybridized carbons (Fsp3) is 0.562. The number of carbonyl (C=O) groups excluding carboxylic acids is 1. The maximum Gasteiger partial charge on any atom is 0.166 e. The molecule has 1 aromatic rings. The summed E-state index contributed by atoms with van der Waals surface area (Å²) < 4.78 is 0. The first-order valence-electron chi connectivity index (χ1n) is 7.06. The van der Waals surface area contributed by atoms with Gasteiger partial charge in [0, 0.05) is 18.1 Å². The number of benzene rings is 1. The molecule has 0 bridgehead atoms. The van der Waals surface area contributed by atoms with Crippen molar-refractivity contribution in [3.05, 3.63) is 29.3 Å². The number of phenolic OH excluding ortho intramolecular Hbond substituents is 1. The van der Waals surface area contributed by atoms with Gasteiger partial charge in [-0.05, 0) is 56.6 Å². The average Bonchev–Trinajstić information content (AvgIpc) is 2.42. The van der Waals surface area contributed by atoms with Crippen molar-refractivity contribution in [2.45, 2.75) is 39.0 Å². The van der Waals surface area contributed by atoms with Gasteiger partial charge in [-0.25, -0.2) is 0 Å². The first-order chi connectivity index (χ1) is 9.11. The number of hydrogen-bond acceptors (Lipinski definition) is 3. The van der Waals surface area contributed by atoms with Crippen LogP contribution in [0.4, 0.5) is 0 Å². The number of ketones is 1. The molecule has 0 heterocycles. The molecule has 1 aliphatic rings. The number of aliphatic hydroxyl groups excluding tert-OH is 1. The van der Waals surface area contributed by atoms with E-state index in [1.54, 1.807) is 18.2 Å². The Morgan fingerprint density at radius 2 is 1.95 bits per heavy atom.